The van der Waals surface area contributed by atoms with Crippen molar-refractivity contribution in [2.75, 3.05) is 26.5 Å². The number of sulfonamides is 1. The number of carbonyl (C=O) groups excluding carboxylic acids is 1. The predicted octanol–water partition coefficient (Wildman–Crippen LogP) is 0.281. The number of nitrogens with zero attached hydrogens (tertiary/aromatic N) is 1. The Kier molecular flexibility index (Phi) is 4.59. The Hall–Kier alpha value is -1.45. The minimum Gasteiger partial charge on any atom is -0.465 e. The maximum Gasteiger partial charge on any atom is 0.337 e. The molecule has 0 unspecified atom stereocenters. The Bertz CT molecular complexity index is 767. The van der Waals surface area contributed by atoms with Crippen molar-refractivity contribution in [3.8, 4) is 0 Å². The van der Waals surface area contributed by atoms with Crippen molar-refractivity contribution in [2.24, 2.45) is 0 Å². The van der Waals surface area contributed by atoms with Crippen LogP contribution in [0.4, 0.5) is 0 Å². The topological polar surface area (TPSA) is 97.8 Å². The number of carbonyl (C=O) groups is 1. The van der Waals surface area contributed by atoms with E-state index in [0.29, 0.717) is 0 Å². The van der Waals surface area contributed by atoms with E-state index in [-0.39, 0.29) is 30.0 Å². The normalized spacial score (nSPS) is 20.0. The molecule has 0 aliphatic carbocycles. The van der Waals surface area contributed by atoms with Crippen LogP contribution in [0.2, 0.25) is 0 Å². The van der Waals surface area contributed by atoms with Gasteiger partial charge in [0.15, 0.2) is 9.84 Å². The highest BCUT2D eigenvalue weighted by Gasteiger charge is 2.36. The highest BCUT2D eigenvalue weighted by Crippen LogP contribution is 2.24. The molecule has 0 aromatic heterocycles. The second-order valence-electron chi connectivity index (χ2n) is 5.12. The van der Waals surface area contributed by atoms with Crippen LogP contribution in [0.5, 0.6) is 0 Å². The van der Waals surface area contributed by atoms with E-state index in [2.05, 4.69) is 4.74 Å². The first-order chi connectivity index (χ1) is 10.2. The van der Waals surface area contributed by atoms with Gasteiger partial charge in [-0.25, -0.2) is 21.6 Å². The summed E-state index contributed by atoms with van der Waals surface area (Å²) >= 11 is 0. The van der Waals surface area contributed by atoms with Gasteiger partial charge in [-0.1, -0.05) is 0 Å². The number of hydrogen-bond donors (Lipinski definition) is 0. The standard InChI is InChI=1S/C13H17NO6S2/c1-20-13(15)10-3-5-11(6-4-10)22(18,19)14-8-7-12(9-14)21(2,16)17/h3-6,12H,7-9H2,1-2H3/t12-/m0/s1. The number of esters is 1. The predicted molar refractivity (Wildman–Crippen MR) is 79.8 cm³/mol. The first-order valence-electron chi connectivity index (χ1n) is 6.53. The van der Waals surface area contributed by atoms with Crippen LogP contribution in [0, 0.1) is 0 Å². The van der Waals surface area contributed by atoms with Gasteiger partial charge < -0.3 is 4.74 Å². The van der Waals surface area contributed by atoms with Crippen molar-refractivity contribution in [1.29, 1.82) is 0 Å². The van der Waals surface area contributed by atoms with Crippen LogP contribution in [0.15, 0.2) is 29.2 Å². The Morgan fingerprint density at radius 2 is 1.77 bits per heavy atom. The SMILES string of the molecule is COC(=O)c1ccc(S(=O)(=O)N2CC[C@H](S(C)(=O)=O)C2)cc1. The number of methoxy groups -OCH3 is 1. The summed E-state index contributed by atoms with van der Waals surface area (Å²) in [4.78, 5) is 11.4. The molecule has 2 rings (SSSR count). The third-order valence-corrected chi connectivity index (χ3v) is 7.10. The largest absolute Gasteiger partial charge is 0.465 e. The Balaban J connectivity index is 2.23. The van der Waals surface area contributed by atoms with Gasteiger partial charge in [-0.15, -0.1) is 0 Å². The molecule has 0 spiro atoms. The van der Waals surface area contributed by atoms with E-state index in [1.165, 1.54) is 31.4 Å². The lowest BCUT2D eigenvalue weighted by atomic mass is 10.2. The molecule has 22 heavy (non-hydrogen) atoms. The highest BCUT2D eigenvalue weighted by atomic mass is 32.2. The molecule has 9 heteroatoms. The number of sulfone groups is 1. The summed E-state index contributed by atoms with van der Waals surface area (Å²) in [5.41, 5.74) is 0.247. The van der Waals surface area contributed by atoms with E-state index < -0.39 is 31.1 Å². The fraction of sp³-hybridized carbons (Fsp3) is 0.462. The van der Waals surface area contributed by atoms with E-state index in [0.717, 1.165) is 10.6 Å². The van der Waals surface area contributed by atoms with Crippen molar-refractivity contribution in [1.82, 2.24) is 4.31 Å². The molecule has 1 atom stereocenters. The average Bonchev–Trinajstić information content (AvgIpc) is 2.97. The minimum atomic E-state index is -3.76. The molecule has 1 fully saturated rings. The highest BCUT2D eigenvalue weighted by molar-refractivity contribution is 7.91. The zero-order valence-electron chi connectivity index (χ0n) is 12.2. The fourth-order valence-corrected chi connectivity index (χ4v) is 4.87. The maximum atomic E-state index is 12.5. The molecule has 0 radical (unpaired) electrons. The van der Waals surface area contributed by atoms with E-state index in [1.54, 1.807) is 0 Å². The van der Waals surface area contributed by atoms with Crippen LogP contribution in [-0.2, 0) is 24.6 Å². The van der Waals surface area contributed by atoms with Crippen LogP contribution in [-0.4, -0.2) is 58.8 Å². The molecule has 7 nitrogen and oxygen atoms in total. The maximum absolute atomic E-state index is 12.5. The third-order valence-electron chi connectivity index (χ3n) is 3.63. The molecule has 1 heterocycles. The second kappa shape index (κ2) is 5.98. The van der Waals surface area contributed by atoms with Gasteiger partial charge in [0, 0.05) is 19.3 Å². The third kappa shape index (κ3) is 3.31. The van der Waals surface area contributed by atoms with Gasteiger partial charge in [0.25, 0.3) is 0 Å². The lowest BCUT2D eigenvalue weighted by Crippen LogP contribution is -2.31. The molecule has 0 N–H and O–H groups in total. The summed E-state index contributed by atoms with van der Waals surface area (Å²) in [5, 5.41) is -0.670. The molecule has 1 aliphatic rings. The lowest BCUT2D eigenvalue weighted by molar-refractivity contribution is 0.0600. The molecule has 1 aromatic carbocycles. The van der Waals surface area contributed by atoms with Gasteiger partial charge in [0.1, 0.15) is 0 Å². The van der Waals surface area contributed by atoms with Crippen LogP contribution in [0.25, 0.3) is 0 Å². The average molecular weight is 347 g/mol. The molecule has 1 saturated heterocycles. The molecule has 0 amide bonds. The first kappa shape index (κ1) is 16.9. The van der Waals surface area contributed by atoms with Crippen LogP contribution in [0.1, 0.15) is 16.8 Å². The Morgan fingerprint density at radius 3 is 2.23 bits per heavy atom. The van der Waals surface area contributed by atoms with Crippen molar-refractivity contribution < 1.29 is 26.4 Å². The van der Waals surface area contributed by atoms with Crippen LogP contribution in [0.3, 0.4) is 0 Å². The van der Waals surface area contributed by atoms with Gasteiger partial charge in [0.05, 0.1) is 22.8 Å². The summed E-state index contributed by atoms with van der Waals surface area (Å²) in [6.45, 7) is 0.124. The van der Waals surface area contributed by atoms with Crippen LogP contribution < -0.4 is 0 Å². The van der Waals surface area contributed by atoms with Crippen molar-refractivity contribution in [3.63, 3.8) is 0 Å². The monoisotopic (exact) mass is 347 g/mol. The molecule has 1 aliphatic heterocycles. The quantitative estimate of drug-likeness (QED) is 0.726. The van der Waals surface area contributed by atoms with Gasteiger partial charge in [0.2, 0.25) is 10.0 Å². The molecular formula is C13H17NO6S2. The smallest absolute Gasteiger partial charge is 0.337 e. The summed E-state index contributed by atoms with van der Waals surface area (Å²) < 4.78 is 53.7. The minimum absolute atomic E-state index is 0.0225. The summed E-state index contributed by atoms with van der Waals surface area (Å²) in [7, 11) is -5.79. The number of ether oxygens (including phenoxy) is 1. The van der Waals surface area contributed by atoms with Gasteiger partial charge in [-0.2, -0.15) is 4.31 Å². The number of rotatable bonds is 4. The molecular weight excluding hydrogens is 330 g/mol. The summed E-state index contributed by atoms with van der Waals surface area (Å²) in [5.74, 6) is -0.553. The van der Waals surface area contributed by atoms with Gasteiger partial charge >= 0.3 is 5.97 Å². The summed E-state index contributed by atoms with van der Waals surface area (Å²) in [6.07, 6.45) is 1.40. The van der Waals surface area contributed by atoms with Crippen molar-refractivity contribution >= 4 is 25.8 Å². The lowest BCUT2D eigenvalue weighted by Gasteiger charge is -2.16. The molecule has 122 valence electrons. The van der Waals surface area contributed by atoms with E-state index in [4.69, 9.17) is 0 Å². The summed E-state index contributed by atoms with van der Waals surface area (Å²) in [6, 6.07) is 5.36. The Morgan fingerprint density at radius 1 is 1.18 bits per heavy atom. The number of benzene rings is 1. The van der Waals surface area contributed by atoms with E-state index in [1.807, 2.05) is 0 Å². The Labute approximate surface area is 129 Å². The van der Waals surface area contributed by atoms with Crippen LogP contribution >= 0.6 is 0 Å². The first-order valence-corrected chi connectivity index (χ1v) is 9.93. The fourth-order valence-electron chi connectivity index (χ4n) is 2.30. The number of hydrogen-bond acceptors (Lipinski definition) is 6. The molecule has 1 aromatic rings. The van der Waals surface area contributed by atoms with E-state index >= 15 is 0 Å². The van der Waals surface area contributed by atoms with Gasteiger partial charge in [-0.05, 0) is 30.7 Å². The molecule has 0 saturated carbocycles. The zero-order valence-corrected chi connectivity index (χ0v) is 13.9. The van der Waals surface area contributed by atoms with E-state index in [9.17, 15) is 21.6 Å². The second-order valence-corrected chi connectivity index (χ2v) is 9.38. The van der Waals surface area contributed by atoms with Crippen molar-refractivity contribution in [3.05, 3.63) is 29.8 Å². The molecule has 0 bridgehead atoms. The van der Waals surface area contributed by atoms with Gasteiger partial charge in [-0.3, -0.25) is 0 Å². The van der Waals surface area contributed by atoms with Crippen molar-refractivity contribution in [2.45, 2.75) is 16.6 Å². The zero-order chi connectivity index (χ0) is 16.5.